The van der Waals surface area contributed by atoms with Gasteiger partial charge in [0.25, 0.3) is 5.56 Å². The Kier molecular flexibility index (Phi) is 3.49. The second-order valence-electron chi connectivity index (χ2n) is 7.00. The van der Waals surface area contributed by atoms with Crippen LogP contribution in [0.25, 0.3) is 39.3 Å². The quantitative estimate of drug-likeness (QED) is 0.499. The first-order chi connectivity index (χ1) is 13.5. The first kappa shape index (κ1) is 16.5. The summed E-state index contributed by atoms with van der Waals surface area (Å²) in [6.45, 7) is 5.75. The summed E-state index contributed by atoms with van der Waals surface area (Å²) < 4.78 is 7.34. The average molecular weight is 370 g/mol. The Morgan fingerprint density at radius 2 is 1.75 bits per heavy atom. The molecule has 0 saturated heterocycles. The topological polar surface area (TPSA) is 76.2 Å². The summed E-state index contributed by atoms with van der Waals surface area (Å²) in [5.74, 6) is 0.290. The van der Waals surface area contributed by atoms with Crippen LogP contribution in [0.4, 0.5) is 0 Å². The smallest absolute Gasteiger partial charge is 0.285 e. The van der Waals surface area contributed by atoms with Crippen LogP contribution in [-0.4, -0.2) is 19.6 Å². The van der Waals surface area contributed by atoms with E-state index in [1.165, 1.54) is 4.52 Å². The minimum atomic E-state index is -0.226. The van der Waals surface area contributed by atoms with E-state index in [1.807, 2.05) is 69.3 Å². The molecule has 2 aromatic carbocycles. The maximum atomic E-state index is 13.3. The van der Waals surface area contributed by atoms with E-state index in [4.69, 9.17) is 9.40 Å². The van der Waals surface area contributed by atoms with Gasteiger partial charge in [-0.2, -0.15) is 0 Å². The van der Waals surface area contributed by atoms with Crippen LogP contribution >= 0.6 is 0 Å². The Balaban J connectivity index is 1.78. The largest absolute Gasteiger partial charge is 0.436 e. The van der Waals surface area contributed by atoms with Gasteiger partial charge in [-0.1, -0.05) is 36.4 Å². The van der Waals surface area contributed by atoms with Gasteiger partial charge in [0.2, 0.25) is 5.89 Å². The fourth-order valence-electron chi connectivity index (χ4n) is 3.63. The normalized spacial score (nSPS) is 11.5. The average Bonchev–Trinajstić information content (AvgIpc) is 3.22. The highest BCUT2D eigenvalue weighted by molar-refractivity contribution is 5.81. The number of oxazole rings is 1. The van der Waals surface area contributed by atoms with Gasteiger partial charge in [-0.3, -0.25) is 9.89 Å². The Hall–Kier alpha value is -3.67. The monoisotopic (exact) mass is 370 g/mol. The number of benzene rings is 2. The van der Waals surface area contributed by atoms with Crippen molar-refractivity contribution in [1.82, 2.24) is 19.6 Å². The Bertz CT molecular complexity index is 1410. The molecule has 0 atom stereocenters. The summed E-state index contributed by atoms with van der Waals surface area (Å²) in [5.41, 5.74) is 6.59. The summed E-state index contributed by atoms with van der Waals surface area (Å²) in [6, 6.07) is 15.7. The van der Waals surface area contributed by atoms with Crippen LogP contribution in [0.15, 0.2) is 57.7 Å². The van der Waals surface area contributed by atoms with Gasteiger partial charge in [0, 0.05) is 11.3 Å². The van der Waals surface area contributed by atoms with Crippen molar-refractivity contribution >= 4 is 16.7 Å². The molecule has 0 aliphatic rings. The van der Waals surface area contributed by atoms with Crippen LogP contribution in [0, 0.1) is 20.8 Å². The molecule has 0 aliphatic carbocycles. The van der Waals surface area contributed by atoms with Gasteiger partial charge in [0.15, 0.2) is 11.2 Å². The van der Waals surface area contributed by atoms with Crippen LogP contribution in [0.5, 0.6) is 0 Å². The maximum absolute atomic E-state index is 13.3. The van der Waals surface area contributed by atoms with E-state index in [-0.39, 0.29) is 5.56 Å². The van der Waals surface area contributed by atoms with Gasteiger partial charge in [-0.15, -0.1) is 0 Å². The van der Waals surface area contributed by atoms with E-state index >= 15 is 0 Å². The highest BCUT2D eigenvalue weighted by Gasteiger charge is 2.21. The lowest BCUT2D eigenvalue weighted by Gasteiger charge is -2.03. The lowest BCUT2D eigenvalue weighted by atomic mass is 10.1. The van der Waals surface area contributed by atoms with E-state index in [2.05, 4.69) is 10.1 Å². The predicted octanol–water partition coefficient (Wildman–Crippen LogP) is 4.42. The molecule has 0 saturated carbocycles. The molecule has 5 aromatic rings. The third-order valence-electron chi connectivity index (χ3n) is 4.96. The number of nitrogens with one attached hydrogen (secondary N) is 1. The number of fused-ring (bicyclic) bond motifs is 2. The van der Waals surface area contributed by atoms with Crippen molar-refractivity contribution in [2.24, 2.45) is 0 Å². The molecule has 1 N–H and O–H groups in total. The predicted molar refractivity (Wildman–Crippen MR) is 108 cm³/mol. The molecule has 6 nitrogen and oxygen atoms in total. The van der Waals surface area contributed by atoms with E-state index in [1.54, 1.807) is 0 Å². The molecule has 0 amide bonds. The number of hydrogen-bond donors (Lipinski definition) is 1. The molecular formula is C22H18N4O2. The van der Waals surface area contributed by atoms with Crippen LogP contribution in [-0.2, 0) is 0 Å². The molecule has 0 bridgehead atoms. The second kappa shape index (κ2) is 5.92. The van der Waals surface area contributed by atoms with Gasteiger partial charge in [0.1, 0.15) is 11.1 Å². The molecule has 28 heavy (non-hydrogen) atoms. The lowest BCUT2D eigenvalue weighted by Crippen LogP contribution is -2.19. The number of aromatic nitrogens is 4. The lowest BCUT2D eigenvalue weighted by molar-refractivity contribution is 0.616. The molecule has 0 unspecified atom stereocenters. The first-order valence-electron chi connectivity index (χ1n) is 9.08. The zero-order valence-corrected chi connectivity index (χ0v) is 15.8. The number of hydrogen-bond acceptors (Lipinski definition) is 4. The Morgan fingerprint density at radius 1 is 0.964 bits per heavy atom. The van der Waals surface area contributed by atoms with E-state index < -0.39 is 0 Å². The minimum absolute atomic E-state index is 0.226. The zero-order valence-electron chi connectivity index (χ0n) is 15.8. The highest BCUT2D eigenvalue weighted by atomic mass is 16.3. The SMILES string of the molecule is Cc1ccc2oc(-c3c(C)nc4c(-c5ccccc5)c(C)[nH]n4c3=O)nc2c1. The highest BCUT2D eigenvalue weighted by Crippen LogP contribution is 2.29. The third-order valence-corrected chi connectivity index (χ3v) is 4.96. The minimum Gasteiger partial charge on any atom is -0.436 e. The van der Waals surface area contributed by atoms with Crippen molar-refractivity contribution in [2.75, 3.05) is 0 Å². The van der Waals surface area contributed by atoms with Crippen LogP contribution in [0.1, 0.15) is 17.0 Å². The standard InChI is InChI=1S/C22H18N4O2/c1-12-9-10-17-16(11-12)24-21(28-17)19-13(2)23-20-18(15-7-5-4-6-8-15)14(3)25-26(20)22(19)27/h4-11,25H,1-3H3. The summed E-state index contributed by atoms with van der Waals surface area (Å²) in [7, 11) is 0. The number of H-pyrrole nitrogens is 1. The number of aromatic amines is 1. The summed E-state index contributed by atoms with van der Waals surface area (Å²) >= 11 is 0. The molecule has 138 valence electrons. The second-order valence-corrected chi connectivity index (χ2v) is 7.00. The van der Waals surface area contributed by atoms with Gasteiger partial charge in [-0.05, 0) is 44.0 Å². The molecule has 3 heterocycles. The Morgan fingerprint density at radius 3 is 2.54 bits per heavy atom. The number of rotatable bonds is 2. The molecule has 5 rings (SSSR count). The van der Waals surface area contributed by atoms with Gasteiger partial charge in [0.05, 0.1) is 5.69 Å². The third kappa shape index (κ3) is 2.38. The van der Waals surface area contributed by atoms with E-state index in [0.29, 0.717) is 28.4 Å². The zero-order chi connectivity index (χ0) is 19.4. The number of nitrogens with zero attached hydrogens (tertiary/aromatic N) is 3. The maximum Gasteiger partial charge on any atom is 0.285 e. The van der Waals surface area contributed by atoms with Crippen molar-refractivity contribution in [1.29, 1.82) is 0 Å². The Labute approximate surface area is 160 Å². The van der Waals surface area contributed by atoms with Crippen molar-refractivity contribution in [2.45, 2.75) is 20.8 Å². The van der Waals surface area contributed by atoms with Crippen molar-refractivity contribution < 1.29 is 4.42 Å². The molecule has 0 spiro atoms. The summed E-state index contributed by atoms with van der Waals surface area (Å²) in [6.07, 6.45) is 0. The van der Waals surface area contributed by atoms with Gasteiger partial charge in [-0.25, -0.2) is 14.5 Å². The fraction of sp³-hybridized carbons (Fsp3) is 0.136. The van der Waals surface area contributed by atoms with Crippen LogP contribution < -0.4 is 5.56 Å². The molecular weight excluding hydrogens is 352 g/mol. The van der Waals surface area contributed by atoms with Gasteiger partial charge >= 0.3 is 0 Å². The van der Waals surface area contributed by atoms with Crippen LogP contribution in [0.3, 0.4) is 0 Å². The van der Waals surface area contributed by atoms with Crippen molar-refractivity contribution in [3.63, 3.8) is 0 Å². The molecule has 0 fully saturated rings. The van der Waals surface area contributed by atoms with E-state index in [0.717, 1.165) is 27.9 Å². The van der Waals surface area contributed by atoms with E-state index in [9.17, 15) is 4.79 Å². The molecule has 3 aromatic heterocycles. The fourth-order valence-corrected chi connectivity index (χ4v) is 3.63. The molecule has 0 radical (unpaired) electrons. The van der Waals surface area contributed by atoms with Gasteiger partial charge < -0.3 is 4.42 Å². The summed E-state index contributed by atoms with van der Waals surface area (Å²) in [4.78, 5) is 22.5. The summed E-state index contributed by atoms with van der Waals surface area (Å²) in [5, 5.41) is 3.15. The molecule has 0 aliphatic heterocycles. The first-order valence-corrected chi connectivity index (χ1v) is 9.08. The van der Waals surface area contributed by atoms with Crippen molar-refractivity contribution in [3.05, 3.63) is 75.8 Å². The van der Waals surface area contributed by atoms with Crippen LogP contribution in [0.2, 0.25) is 0 Å². The van der Waals surface area contributed by atoms with Crippen molar-refractivity contribution in [3.8, 4) is 22.6 Å². The molecule has 6 heteroatoms. The number of aryl methyl sites for hydroxylation is 3.